The van der Waals surface area contributed by atoms with E-state index in [1.54, 1.807) is 0 Å². The Labute approximate surface area is 149 Å². The van der Waals surface area contributed by atoms with E-state index in [9.17, 15) is 23.1 Å². The van der Waals surface area contributed by atoms with Crippen molar-refractivity contribution in [1.82, 2.24) is 0 Å². The summed E-state index contributed by atoms with van der Waals surface area (Å²) in [6, 6.07) is 3.14. The molecule has 1 spiro atoms. The zero-order chi connectivity index (χ0) is 19.1. The Morgan fingerprint density at radius 2 is 1.88 bits per heavy atom. The van der Waals surface area contributed by atoms with Gasteiger partial charge in [-0.1, -0.05) is 6.42 Å². The van der Waals surface area contributed by atoms with Gasteiger partial charge in [0.05, 0.1) is 10.6 Å². The van der Waals surface area contributed by atoms with Crippen LogP contribution in [0, 0.1) is 10.1 Å². The van der Waals surface area contributed by atoms with Crippen LogP contribution in [0.15, 0.2) is 33.1 Å². The summed E-state index contributed by atoms with van der Waals surface area (Å²) in [6.45, 7) is 0. The Hall–Kier alpha value is -2.73. The third-order valence-electron chi connectivity index (χ3n) is 4.52. The van der Waals surface area contributed by atoms with Crippen molar-refractivity contribution in [3.8, 4) is 0 Å². The summed E-state index contributed by atoms with van der Waals surface area (Å²) >= 11 is 0. The summed E-state index contributed by atoms with van der Waals surface area (Å²) < 4.78 is 33.4. The van der Waals surface area contributed by atoms with Gasteiger partial charge < -0.3 is 11.5 Å². The molecule has 1 aliphatic carbocycles. The van der Waals surface area contributed by atoms with Crippen molar-refractivity contribution in [2.75, 3.05) is 4.90 Å². The molecule has 1 saturated carbocycles. The van der Waals surface area contributed by atoms with Crippen LogP contribution in [0.25, 0.3) is 0 Å². The van der Waals surface area contributed by atoms with Gasteiger partial charge in [-0.25, -0.2) is 4.99 Å². The van der Waals surface area contributed by atoms with Crippen LogP contribution >= 0.6 is 0 Å². The molecule has 140 valence electrons. The zero-order valence-electron chi connectivity index (χ0n) is 13.7. The summed E-state index contributed by atoms with van der Waals surface area (Å²) in [5.74, 6) is -0.103. The van der Waals surface area contributed by atoms with E-state index in [1.165, 1.54) is 11.0 Å². The topological polar surface area (TPSA) is 178 Å². The minimum atomic E-state index is -4.77. The maximum atomic E-state index is 11.9. The Balaban J connectivity index is 2.23. The first-order chi connectivity index (χ1) is 12.1. The second kappa shape index (κ2) is 6.21. The van der Waals surface area contributed by atoms with E-state index in [-0.39, 0.29) is 17.6 Å². The molecule has 0 atom stereocenters. The number of nitro groups is 1. The van der Waals surface area contributed by atoms with Crippen LogP contribution in [0.5, 0.6) is 0 Å². The first-order valence-corrected chi connectivity index (χ1v) is 9.34. The molecule has 1 heterocycles. The number of rotatable bonds is 3. The van der Waals surface area contributed by atoms with Crippen LogP contribution < -0.4 is 16.4 Å². The Kier molecular flexibility index (Phi) is 4.32. The summed E-state index contributed by atoms with van der Waals surface area (Å²) in [5, 5.41) is 11.0. The molecule has 1 aromatic rings. The van der Waals surface area contributed by atoms with Crippen LogP contribution in [0.4, 0.5) is 11.4 Å². The average Bonchev–Trinajstić information content (AvgIpc) is 2.53. The van der Waals surface area contributed by atoms with Gasteiger partial charge in [-0.05, 0) is 31.7 Å². The second-order valence-electron chi connectivity index (χ2n) is 6.20. The zero-order valence-corrected chi connectivity index (χ0v) is 14.5. The number of nitrogens with two attached hydrogens (primary N) is 2. The molecule has 1 aromatic carbocycles. The van der Waals surface area contributed by atoms with Gasteiger partial charge in [0.15, 0.2) is 0 Å². The van der Waals surface area contributed by atoms with Crippen molar-refractivity contribution in [1.29, 1.82) is 0 Å². The lowest BCUT2D eigenvalue weighted by atomic mass is 9.87. The predicted octanol–water partition coefficient (Wildman–Crippen LogP) is 0.951. The largest absolute Gasteiger partial charge is 0.369 e. The van der Waals surface area contributed by atoms with Gasteiger partial charge >= 0.3 is 0 Å². The maximum Gasteiger partial charge on any atom is 0.296 e. The molecule has 1 fully saturated rings. The summed E-state index contributed by atoms with van der Waals surface area (Å²) in [4.78, 5) is 19.3. The molecular formula is C14H18N6O5S. The molecule has 11 nitrogen and oxygen atoms in total. The fraction of sp³-hybridized carbons (Fsp3) is 0.429. The summed E-state index contributed by atoms with van der Waals surface area (Å²) in [7, 11) is -4.77. The van der Waals surface area contributed by atoms with Gasteiger partial charge in [0.2, 0.25) is 11.9 Å². The van der Waals surface area contributed by atoms with Gasteiger partial charge in [-0.15, -0.1) is 0 Å². The molecule has 3 rings (SSSR count). The van der Waals surface area contributed by atoms with Gasteiger partial charge in [-0.3, -0.25) is 19.6 Å². The van der Waals surface area contributed by atoms with Crippen molar-refractivity contribution in [3.05, 3.63) is 28.3 Å². The molecule has 2 aliphatic rings. The number of non-ortho nitro benzene ring substituents is 1. The Bertz CT molecular complexity index is 920. The van der Waals surface area contributed by atoms with E-state index >= 15 is 0 Å². The molecule has 0 unspecified atom stereocenters. The highest BCUT2D eigenvalue weighted by Crippen LogP contribution is 2.42. The fourth-order valence-corrected chi connectivity index (χ4v) is 4.17. The van der Waals surface area contributed by atoms with Crippen molar-refractivity contribution < 1.29 is 17.9 Å². The quantitative estimate of drug-likeness (QED) is 0.393. The molecule has 0 bridgehead atoms. The van der Waals surface area contributed by atoms with Gasteiger partial charge in [-0.2, -0.15) is 13.4 Å². The standard InChI is InChI=1S/C14H18N6O5S/c15-12-17-13(16)19(14(18-12)6-2-1-3-7-14)10-5-4-9(20(21)22)8-11(10)26(23,24)25/h4-5,8H,1-3,6-7H2,(H,23,24,25)(H4,15,16,17,18). The van der Waals surface area contributed by atoms with Crippen molar-refractivity contribution in [2.45, 2.75) is 42.7 Å². The number of anilines is 1. The number of aliphatic imine (C=N–C) groups is 2. The number of hydrogen-bond donors (Lipinski definition) is 3. The van der Waals surface area contributed by atoms with Gasteiger partial charge in [0.1, 0.15) is 10.6 Å². The van der Waals surface area contributed by atoms with E-state index in [2.05, 4.69) is 9.98 Å². The normalized spacial score (nSPS) is 19.8. The molecule has 0 amide bonds. The van der Waals surface area contributed by atoms with E-state index in [0.717, 1.165) is 31.4 Å². The Morgan fingerprint density at radius 3 is 2.46 bits per heavy atom. The third-order valence-corrected chi connectivity index (χ3v) is 5.41. The molecule has 5 N–H and O–H groups in total. The van der Waals surface area contributed by atoms with Crippen LogP contribution in [-0.2, 0) is 10.1 Å². The first kappa shape index (κ1) is 18.1. The van der Waals surface area contributed by atoms with Crippen molar-refractivity contribution in [2.24, 2.45) is 21.5 Å². The lowest BCUT2D eigenvalue weighted by molar-refractivity contribution is -0.385. The summed E-state index contributed by atoms with van der Waals surface area (Å²) in [6.07, 6.45) is 3.70. The third kappa shape index (κ3) is 3.08. The van der Waals surface area contributed by atoms with Gasteiger partial charge in [0, 0.05) is 12.1 Å². The molecule has 0 aromatic heterocycles. The highest BCUT2D eigenvalue weighted by Gasteiger charge is 2.44. The number of benzene rings is 1. The lowest BCUT2D eigenvalue weighted by Crippen LogP contribution is -2.58. The van der Waals surface area contributed by atoms with Crippen LogP contribution in [0.2, 0.25) is 0 Å². The van der Waals surface area contributed by atoms with E-state index < -0.39 is 31.3 Å². The molecule has 0 radical (unpaired) electrons. The number of guanidine groups is 2. The smallest absolute Gasteiger partial charge is 0.296 e. The number of hydrogen-bond acceptors (Lipinski definition) is 9. The monoisotopic (exact) mass is 382 g/mol. The SMILES string of the molecule is NC1=NC2(CCCCC2)N(c2ccc([N+](=O)[O-])cc2S(=O)(=O)O)C(N)=N1. The highest BCUT2D eigenvalue weighted by atomic mass is 32.2. The molecule has 12 heteroatoms. The Morgan fingerprint density at radius 1 is 1.23 bits per heavy atom. The minimum Gasteiger partial charge on any atom is -0.369 e. The lowest BCUT2D eigenvalue weighted by Gasteiger charge is -2.45. The second-order valence-corrected chi connectivity index (χ2v) is 7.59. The van der Waals surface area contributed by atoms with Gasteiger partial charge in [0.25, 0.3) is 15.8 Å². The van der Waals surface area contributed by atoms with Crippen molar-refractivity contribution >= 4 is 33.4 Å². The van der Waals surface area contributed by atoms with E-state index in [1.807, 2.05) is 0 Å². The minimum absolute atomic E-state index is 0.0176. The summed E-state index contributed by atoms with van der Waals surface area (Å²) in [5.41, 5.74) is 10.3. The molecule has 0 saturated heterocycles. The van der Waals surface area contributed by atoms with Crippen molar-refractivity contribution in [3.63, 3.8) is 0 Å². The molecular weight excluding hydrogens is 364 g/mol. The van der Waals surface area contributed by atoms with Crippen LogP contribution in [0.1, 0.15) is 32.1 Å². The predicted molar refractivity (Wildman–Crippen MR) is 94.5 cm³/mol. The molecule has 1 aliphatic heterocycles. The highest BCUT2D eigenvalue weighted by molar-refractivity contribution is 7.86. The number of nitro benzene ring substituents is 1. The van der Waals surface area contributed by atoms with Crippen LogP contribution in [0.3, 0.4) is 0 Å². The number of nitrogens with zero attached hydrogens (tertiary/aromatic N) is 4. The average molecular weight is 382 g/mol. The van der Waals surface area contributed by atoms with Crippen LogP contribution in [-0.4, -0.2) is 35.5 Å². The maximum absolute atomic E-state index is 11.9. The van der Waals surface area contributed by atoms with E-state index in [4.69, 9.17) is 11.5 Å². The first-order valence-electron chi connectivity index (χ1n) is 7.90. The van der Waals surface area contributed by atoms with E-state index in [0.29, 0.717) is 12.8 Å². The fourth-order valence-electron chi connectivity index (χ4n) is 3.48. The molecule has 26 heavy (non-hydrogen) atoms.